The third kappa shape index (κ3) is 2.69. The average Bonchev–Trinajstić information content (AvgIpc) is 2.81. The van der Waals surface area contributed by atoms with Crippen molar-refractivity contribution in [2.24, 2.45) is 0 Å². The molecule has 2 aromatic rings. The van der Waals surface area contributed by atoms with Crippen LogP contribution in [0.25, 0.3) is 11.3 Å². The van der Waals surface area contributed by atoms with Gasteiger partial charge in [0.25, 0.3) is 0 Å². The zero-order valence-electron chi connectivity index (χ0n) is 11.1. The Morgan fingerprint density at radius 1 is 1.30 bits per heavy atom. The summed E-state index contributed by atoms with van der Waals surface area (Å²) < 4.78 is 4.80. The van der Waals surface area contributed by atoms with Crippen LogP contribution in [-0.4, -0.2) is 22.1 Å². The molecule has 104 valence electrons. The van der Waals surface area contributed by atoms with Gasteiger partial charge in [0, 0.05) is 23.2 Å². The van der Waals surface area contributed by atoms with E-state index < -0.39 is 5.97 Å². The van der Waals surface area contributed by atoms with Gasteiger partial charge in [0.2, 0.25) is 11.7 Å². The molecule has 0 unspecified atom stereocenters. The van der Waals surface area contributed by atoms with Gasteiger partial charge in [-0.2, -0.15) is 0 Å². The number of nitrogens with zero attached hydrogens (tertiary/aromatic N) is 1. The summed E-state index contributed by atoms with van der Waals surface area (Å²) in [6.07, 6.45) is 0.409. The molecule has 0 atom stereocenters. The number of benzene rings is 1. The lowest BCUT2D eigenvalue weighted by molar-refractivity contribution is -0.115. The Balaban J connectivity index is 2.26. The molecule has 0 fully saturated rings. The van der Waals surface area contributed by atoms with Gasteiger partial charge in [-0.3, -0.25) is 4.79 Å². The molecule has 6 heteroatoms. The zero-order valence-corrected chi connectivity index (χ0v) is 11.1. The zero-order chi connectivity index (χ0) is 14.7. The summed E-state index contributed by atoms with van der Waals surface area (Å²) in [5.74, 6) is -1.38. The van der Waals surface area contributed by atoms with Crippen LogP contribution in [0.15, 0.2) is 28.8 Å². The van der Waals surface area contributed by atoms with Crippen molar-refractivity contribution in [2.45, 2.75) is 20.3 Å². The lowest BCUT2D eigenvalue weighted by atomic mass is 10.1. The normalized spacial score (nSPS) is 10.3. The van der Waals surface area contributed by atoms with Gasteiger partial charge in [-0.15, -0.1) is 0 Å². The molecule has 0 spiro atoms. The summed E-state index contributed by atoms with van der Waals surface area (Å²) >= 11 is 0. The number of hydrogen-bond acceptors (Lipinski definition) is 4. The smallest absolute Gasteiger partial charge is 0.375 e. The number of aromatic nitrogens is 1. The minimum absolute atomic E-state index is 0.0662. The van der Waals surface area contributed by atoms with E-state index in [4.69, 9.17) is 9.63 Å². The van der Waals surface area contributed by atoms with Gasteiger partial charge in [0.15, 0.2) is 0 Å². The minimum Gasteiger partial charge on any atom is -0.475 e. The third-order valence-electron chi connectivity index (χ3n) is 2.88. The lowest BCUT2D eigenvalue weighted by Crippen LogP contribution is -2.09. The summed E-state index contributed by atoms with van der Waals surface area (Å²) in [5, 5.41) is 15.4. The van der Waals surface area contributed by atoms with Crippen LogP contribution < -0.4 is 5.32 Å². The Kier molecular flexibility index (Phi) is 3.84. The molecule has 1 aromatic carbocycles. The number of aromatic carboxylic acids is 1. The summed E-state index contributed by atoms with van der Waals surface area (Å²) in [6.45, 7) is 3.41. The predicted octanol–water partition coefficient (Wildman–Crippen LogP) is 2.70. The number of nitrogens with one attached hydrogen (secondary N) is 1. The summed E-state index contributed by atoms with van der Waals surface area (Å²) in [5.41, 5.74) is 2.37. The number of carboxylic acids is 1. The van der Waals surface area contributed by atoms with Gasteiger partial charge in [0.05, 0.1) is 0 Å². The van der Waals surface area contributed by atoms with E-state index in [9.17, 15) is 9.59 Å². The largest absolute Gasteiger partial charge is 0.475 e. The van der Waals surface area contributed by atoms with Crippen molar-refractivity contribution < 1.29 is 19.2 Å². The molecular formula is C14H14N2O4. The van der Waals surface area contributed by atoms with Crippen LogP contribution >= 0.6 is 0 Å². The third-order valence-corrected chi connectivity index (χ3v) is 2.88. The first-order valence-electron chi connectivity index (χ1n) is 6.12. The number of carbonyl (C=O) groups excluding carboxylic acids is 1. The maximum Gasteiger partial charge on any atom is 0.375 e. The number of hydrogen-bond donors (Lipinski definition) is 2. The molecule has 1 amide bonds. The first-order chi connectivity index (χ1) is 9.52. The van der Waals surface area contributed by atoms with Crippen molar-refractivity contribution in [3.05, 3.63) is 35.6 Å². The topological polar surface area (TPSA) is 92.4 Å². The van der Waals surface area contributed by atoms with Crippen molar-refractivity contribution in [1.29, 1.82) is 0 Å². The van der Waals surface area contributed by atoms with E-state index in [0.29, 0.717) is 23.4 Å². The van der Waals surface area contributed by atoms with Crippen molar-refractivity contribution >= 4 is 17.6 Å². The highest BCUT2D eigenvalue weighted by Gasteiger charge is 2.18. The van der Waals surface area contributed by atoms with E-state index in [2.05, 4.69) is 10.5 Å². The lowest BCUT2D eigenvalue weighted by Gasteiger charge is -2.04. The summed E-state index contributed by atoms with van der Waals surface area (Å²) in [7, 11) is 0. The van der Waals surface area contributed by atoms with Crippen molar-refractivity contribution in [3.8, 4) is 11.3 Å². The molecule has 0 radical (unpaired) electrons. The van der Waals surface area contributed by atoms with E-state index in [-0.39, 0.29) is 11.7 Å². The summed E-state index contributed by atoms with van der Waals surface area (Å²) in [6, 6.07) is 6.97. The Morgan fingerprint density at radius 3 is 2.45 bits per heavy atom. The van der Waals surface area contributed by atoms with Gasteiger partial charge in [-0.25, -0.2) is 4.79 Å². The maximum atomic E-state index is 11.3. The van der Waals surface area contributed by atoms with E-state index >= 15 is 0 Å². The highest BCUT2D eigenvalue weighted by Crippen LogP contribution is 2.26. The molecule has 1 aromatic heterocycles. The maximum absolute atomic E-state index is 11.3. The highest BCUT2D eigenvalue weighted by molar-refractivity contribution is 5.91. The van der Waals surface area contributed by atoms with E-state index in [1.807, 2.05) is 0 Å². The standard InChI is InChI=1S/C14H14N2O4/c1-3-11(17)15-10-6-4-9(5-7-10)12-8(2)13(14(18)19)20-16-12/h4-7H,3H2,1-2H3,(H,15,17)(H,18,19). The van der Waals surface area contributed by atoms with Crippen LogP contribution in [-0.2, 0) is 4.79 Å². The van der Waals surface area contributed by atoms with Gasteiger partial charge in [0.1, 0.15) is 5.69 Å². The molecule has 0 aliphatic rings. The number of anilines is 1. The number of rotatable bonds is 4. The fourth-order valence-corrected chi connectivity index (χ4v) is 1.77. The van der Waals surface area contributed by atoms with Gasteiger partial charge >= 0.3 is 5.97 Å². The summed E-state index contributed by atoms with van der Waals surface area (Å²) in [4.78, 5) is 22.2. The van der Waals surface area contributed by atoms with Crippen LogP contribution in [0.1, 0.15) is 29.5 Å². The predicted molar refractivity (Wildman–Crippen MR) is 72.6 cm³/mol. The number of carboxylic acid groups (broad SMARTS) is 1. The molecule has 20 heavy (non-hydrogen) atoms. The number of amides is 1. The average molecular weight is 274 g/mol. The molecule has 2 N–H and O–H groups in total. The molecule has 0 bridgehead atoms. The molecule has 0 aliphatic heterocycles. The quantitative estimate of drug-likeness (QED) is 0.894. The van der Waals surface area contributed by atoms with Gasteiger partial charge in [-0.1, -0.05) is 24.2 Å². The van der Waals surface area contributed by atoms with Crippen molar-refractivity contribution in [1.82, 2.24) is 5.16 Å². The molecule has 0 saturated carbocycles. The monoisotopic (exact) mass is 274 g/mol. The molecule has 0 aliphatic carbocycles. The second-order valence-corrected chi connectivity index (χ2v) is 4.27. The van der Waals surface area contributed by atoms with Gasteiger partial charge in [-0.05, 0) is 19.1 Å². The van der Waals surface area contributed by atoms with E-state index in [0.717, 1.165) is 5.56 Å². The molecular weight excluding hydrogens is 260 g/mol. The van der Waals surface area contributed by atoms with Crippen LogP contribution in [0.5, 0.6) is 0 Å². The SMILES string of the molecule is CCC(=O)Nc1ccc(-c2noc(C(=O)O)c2C)cc1. The molecule has 2 rings (SSSR count). The fraction of sp³-hybridized carbons (Fsp3) is 0.214. The van der Waals surface area contributed by atoms with E-state index in [1.54, 1.807) is 38.1 Å². The van der Waals surface area contributed by atoms with Crippen LogP contribution in [0.2, 0.25) is 0 Å². The minimum atomic E-state index is -1.15. The Morgan fingerprint density at radius 2 is 1.95 bits per heavy atom. The highest BCUT2D eigenvalue weighted by atomic mass is 16.5. The van der Waals surface area contributed by atoms with Crippen LogP contribution in [0.3, 0.4) is 0 Å². The van der Waals surface area contributed by atoms with E-state index in [1.165, 1.54) is 0 Å². The first-order valence-corrected chi connectivity index (χ1v) is 6.12. The molecule has 1 heterocycles. The number of carbonyl (C=O) groups is 2. The van der Waals surface area contributed by atoms with Gasteiger partial charge < -0.3 is 14.9 Å². The molecule has 6 nitrogen and oxygen atoms in total. The molecule has 0 saturated heterocycles. The second-order valence-electron chi connectivity index (χ2n) is 4.27. The van der Waals surface area contributed by atoms with Crippen LogP contribution in [0.4, 0.5) is 5.69 Å². The van der Waals surface area contributed by atoms with Crippen LogP contribution in [0, 0.1) is 6.92 Å². The van der Waals surface area contributed by atoms with Crippen molar-refractivity contribution in [2.75, 3.05) is 5.32 Å². The fourth-order valence-electron chi connectivity index (χ4n) is 1.77. The Bertz CT molecular complexity index is 644. The second kappa shape index (κ2) is 5.56. The van der Waals surface area contributed by atoms with Crippen molar-refractivity contribution in [3.63, 3.8) is 0 Å². The Labute approximate surface area is 115 Å². The Hall–Kier alpha value is -2.63. The first kappa shape index (κ1) is 13.8.